The van der Waals surface area contributed by atoms with Crippen molar-refractivity contribution in [2.45, 2.75) is 52.2 Å². The van der Waals surface area contributed by atoms with Gasteiger partial charge in [-0.05, 0) is 49.6 Å². The van der Waals surface area contributed by atoms with Crippen LogP contribution in [0.5, 0.6) is 0 Å². The standard InChI is InChI=1S/C28H31ClN2O2/c1-20(2)30-28(33)26(17-22-9-5-4-6-10-22)31(19-23-12-14-25(29)15-13-23)27(32)18-24-11-7-8-21(3)16-24/h4-16,20,26H,17-19H2,1-3H3,(H,30,33)/t26-/m1/s1. The molecule has 0 spiro atoms. The number of nitrogens with zero attached hydrogens (tertiary/aromatic N) is 1. The number of aryl methyl sites for hydroxylation is 1. The Morgan fingerprint density at radius 2 is 1.55 bits per heavy atom. The van der Waals surface area contributed by atoms with Gasteiger partial charge in [-0.25, -0.2) is 0 Å². The lowest BCUT2D eigenvalue weighted by molar-refractivity contribution is -0.141. The molecule has 0 unspecified atom stereocenters. The van der Waals surface area contributed by atoms with Crippen LogP contribution in [0.25, 0.3) is 0 Å². The monoisotopic (exact) mass is 462 g/mol. The number of carbonyl (C=O) groups excluding carboxylic acids is 2. The molecule has 1 N–H and O–H groups in total. The van der Waals surface area contributed by atoms with E-state index in [2.05, 4.69) is 5.32 Å². The zero-order valence-electron chi connectivity index (χ0n) is 19.4. The number of rotatable bonds is 9. The summed E-state index contributed by atoms with van der Waals surface area (Å²) >= 11 is 6.07. The highest BCUT2D eigenvalue weighted by Crippen LogP contribution is 2.18. The lowest BCUT2D eigenvalue weighted by Crippen LogP contribution is -2.52. The lowest BCUT2D eigenvalue weighted by atomic mass is 10.0. The average Bonchev–Trinajstić information content (AvgIpc) is 2.77. The molecule has 33 heavy (non-hydrogen) atoms. The molecule has 0 aromatic heterocycles. The number of halogens is 1. The molecule has 0 saturated heterocycles. The summed E-state index contributed by atoms with van der Waals surface area (Å²) in [7, 11) is 0. The Morgan fingerprint density at radius 3 is 2.18 bits per heavy atom. The van der Waals surface area contributed by atoms with Gasteiger partial charge in [0.2, 0.25) is 11.8 Å². The van der Waals surface area contributed by atoms with Gasteiger partial charge in [-0.3, -0.25) is 9.59 Å². The number of nitrogens with one attached hydrogen (secondary N) is 1. The molecule has 0 bridgehead atoms. The summed E-state index contributed by atoms with van der Waals surface area (Å²) in [4.78, 5) is 28.7. The van der Waals surface area contributed by atoms with Crippen LogP contribution in [-0.2, 0) is 29.0 Å². The molecule has 0 saturated carbocycles. The Kier molecular flexibility index (Phi) is 8.67. The predicted molar refractivity (Wildman–Crippen MR) is 134 cm³/mol. The van der Waals surface area contributed by atoms with E-state index in [9.17, 15) is 9.59 Å². The van der Waals surface area contributed by atoms with Crippen LogP contribution < -0.4 is 5.32 Å². The van der Waals surface area contributed by atoms with E-state index >= 15 is 0 Å². The minimum absolute atomic E-state index is 0.0277. The van der Waals surface area contributed by atoms with Crippen molar-refractivity contribution in [2.24, 2.45) is 0 Å². The Bertz CT molecular complexity index is 1060. The van der Waals surface area contributed by atoms with Crippen LogP contribution >= 0.6 is 11.6 Å². The summed E-state index contributed by atoms with van der Waals surface area (Å²) in [6.45, 7) is 6.18. The number of hydrogen-bond donors (Lipinski definition) is 1. The van der Waals surface area contributed by atoms with Crippen LogP contribution in [-0.4, -0.2) is 28.8 Å². The van der Waals surface area contributed by atoms with E-state index in [4.69, 9.17) is 11.6 Å². The first-order chi connectivity index (χ1) is 15.8. The van der Waals surface area contributed by atoms with Crippen molar-refractivity contribution in [2.75, 3.05) is 0 Å². The van der Waals surface area contributed by atoms with E-state index in [1.807, 2.05) is 87.5 Å². The van der Waals surface area contributed by atoms with Gasteiger partial charge in [0, 0.05) is 24.0 Å². The molecule has 1 atom stereocenters. The third-order valence-corrected chi connectivity index (χ3v) is 5.66. The van der Waals surface area contributed by atoms with Gasteiger partial charge in [0.25, 0.3) is 0 Å². The highest BCUT2D eigenvalue weighted by molar-refractivity contribution is 6.30. The fraction of sp³-hybridized carbons (Fsp3) is 0.286. The smallest absolute Gasteiger partial charge is 0.243 e. The van der Waals surface area contributed by atoms with Crippen LogP contribution in [0.2, 0.25) is 5.02 Å². The van der Waals surface area contributed by atoms with Crippen molar-refractivity contribution < 1.29 is 9.59 Å². The molecule has 3 rings (SSSR count). The normalized spacial score (nSPS) is 11.8. The van der Waals surface area contributed by atoms with Crippen molar-refractivity contribution in [3.8, 4) is 0 Å². The van der Waals surface area contributed by atoms with Gasteiger partial charge >= 0.3 is 0 Å². The fourth-order valence-electron chi connectivity index (χ4n) is 3.82. The molecule has 0 aliphatic rings. The molecule has 0 fully saturated rings. The van der Waals surface area contributed by atoms with Crippen molar-refractivity contribution in [1.29, 1.82) is 0 Å². The third kappa shape index (κ3) is 7.47. The molecule has 0 radical (unpaired) electrons. The summed E-state index contributed by atoms with van der Waals surface area (Å²) in [6, 6.07) is 24.5. The zero-order chi connectivity index (χ0) is 23.8. The van der Waals surface area contributed by atoms with Gasteiger partial charge in [0.1, 0.15) is 6.04 Å². The summed E-state index contributed by atoms with van der Waals surface area (Å²) in [5, 5.41) is 3.65. The second-order valence-corrected chi connectivity index (χ2v) is 9.12. The van der Waals surface area contributed by atoms with Crippen molar-refractivity contribution in [3.63, 3.8) is 0 Å². The first-order valence-corrected chi connectivity index (χ1v) is 11.6. The van der Waals surface area contributed by atoms with E-state index in [-0.39, 0.29) is 24.3 Å². The minimum Gasteiger partial charge on any atom is -0.352 e. The van der Waals surface area contributed by atoms with Crippen molar-refractivity contribution in [3.05, 3.63) is 106 Å². The highest BCUT2D eigenvalue weighted by atomic mass is 35.5. The second kappa shape index (κ2) is 11.7. The van der Waals surface area contributed by atoms with Gasteiger partial charge in [0.15, 0.2) is 0 Å². The Labute approximate surface area is 201 Å². The van der Waals surface area contributed by atoms with E-state index in [0.29, 0.717) is 18.0 Å². The molecule has 0 aliphatic heterocycles. The molecule has 0 aliphatic carbocycles. The van der Waals surface area contributed by atoms with E-state index in [1.54, 1.807) is 17.0 Å². The maximum atomic E-state index is 13.6. The molecule has 3 aromatic carbocycles. The average molecular weight is 463 g/mol. The first-order valence-electron chi connectivity index (χ1n) is 11.3. The van der Waals surface area contributed by atoms with E-state index in [0.717, 1.165) is 22.3 Å². The first kappa shape index (κ1) is 24.5. The van der Waals surface area contributed by atoms with Crippen LogP contribution in [0, 0.1) is 6.92 Å². The van der Waals surface area contributed by atoms with Gasteiger partial charge in [0.05, 0.1) is 6.42 Å². The highest BCUT2D eigenvalue weighted by Gasteiger charge is 2.30. The molecule has 4 nitrogen and oxygen atoms in total. The number of carbonyl (C=O) groups is 2. The maximum absolute atomic E-state index is 13.6. The summed E-state index contributed by atoms with van der Waals surface area (Å²) in [6.07, 6.45) is 0.669. The van der Waals surface area contributed by atoms with Crippen LogP contribution in [0.15, 0.2) is 78.9 Å². The molecule has 5 heteroatoms. The molecular formula is C28H31ClN2O2. The second-order valence-electron chi connectivity index (χ2n) is 8.68. The molecule has 0 heterocycles. The van der Waals surface area contributed by atoms with E-state index < -0.39 is 6.04 Å². The van der Waals surface area contributed by atoms with Crippen molar-refractivity contribution in [1.82, 2.24) is 10.2 Å². The fourth-order valence-corrected chi connectivity index (χ4v) is 3.95. The zero-order valence-corrected chi connectivity index (χ0v) is 20.2. The van der Waals surface area contributed by atoms with Crippen LogP contribution in [0.3, 0.4) is 0 Å². The van der Waals surface area contributed by atoms with E-state index in [1.165, 1.54) is 0 Å². The summed E-state index contributed by atoms with van der Waals surface area (Å²) in [5.74, 6) is -0.240. The Hall–Kier alpha value is -3.11. The van der Waals surface area contributed by atoms with Crippen LogP contribution in [0.1, 0.15) is 36.1 Å². The molecule has 172 valence electrons. The summed E-state index contributed by atoms with van der Waals surface area (Å²) in [5.41, 5.74) is 3.96. The molecular weight excluding hydrogens is 432 g/mol. The molecule has 2 amide bonds. The lowest BCUT2D eigenvalue weighted by Gasteiger charge is -2.32. The van der Waals surface area contributed by atoms with Gasteiger partial charge < -0.3 is 10.2 Å². The van der Waals surface area contributed by atoms with Crippen LogP contribution in [0.4, 0.5) is 0 Å². The Balaban J connectivity index is 1.96. The minimum atomic E-state index is -0.636. The summed E-state index contributed by atoms with van der Waals surface area (Å²) < 4.78 is 0. The third-order valence-electron chi connectivity index (χ3n) is 5.41. The number of amides is 2. The number of benzene rings is 3. The Morgan fingerprint density at radius 1 is 0.879 bits per heavy atom. The van der Waals surface area contributed by atoms with Gasteiger partial charge in [-0.15, -0.1) is 0 Å². The quantitative estimate of drug-likeness (QED) is 0.465. The SMILES string of the molecule is Cc1cccc(CC(=O)N(Cc2ccc(Cl)cc2)[C@H](Cc2ccccc2)C(=O)NC(C)C)c1. The largest absolute Gasteiger partial charge is 0.352 e. The molecule has 3 aromatic rings. The topological polar surface area (TPSA) is 49.4 Å². The predicted octanol–water partition coefficient (Wildman–Crippen LogP) is 5.36. The van der Waals surface area contributed by atoms with Crippen molar-refractivity contribution >= 4 is 23.4 Å². The van der Waals surface area contributed by atoms with Gasteiger partial charge in [-0.1, -0.05) is 83.9 Å². The van der Waals surface area contributed by atoms with Gasteiger partial charge in [-0.2, -0.15) is 0 Å². The maximum Gasteiger partial charge on any atom is 0.243 e. The number of hydrogen-bond acceptors (Lipinski definition) is 2.